The zero-order valence-electron chi connectivity index (χ0n) is 13.1. The Morgan fingerprint density at radius 2 is 2.04 bits per heavy atom. The molecule has 0 bridgehead atoms. The summed E-state index contributed by atoms with van der Waals surface area (Å²) >= 11 is 0. The lowest BCUT2D eigenvalue weighted by atomic mass is 10.2. The Morgan fingerprint density at radius 1 is 1.29 bits per heavy atom. The topological polar surface area (TPSA) is 83.3 Å². The van der Waals surface area contributed by atoms with Crippen LogP contribution in [0.4, 0.5) is 5.69 Å². The lowest BCUT2D eigenvalue weighted by Crippen LogP contribution is -2.32. The van der Waals surface area contributed by atoms with Crippen LogP contribution in [0.5, 0.6) is 0 Å². The molecule has 0 saturated carbocycles. The van der Waals surface area contributed by atoms with Gasteiger partial charge >= 0.3 is 5.97 Å². The number of anilines is 1. The Hall–Kier alpha value is -3.20. The maximum Gasteiger partial charge on any atom is 0.340 e. The first-order valence-corrected chi connectivity index (χ1v) is 7.53. The molecule has 1 atom stereocenters. The molecule has 0 spiro atoms. The second-order valence-corrected chi connectivity index (χ2v) is 5.52. The standard InChI is InChI=1S/C18H15N3O3/c1-12-2-5-14(11-20-12)18(23)24-16-8-9-21(17(16)22)15-6-3-13(10-19)4-7-15/h2-7,11,16H,8-9H2,1H3/t16-/m0/s1. The summed E-state index contributed by atoms with van der Waals surface area (Å²) in [6.07, 6.45) is 1.08. The van der Waals surface area contributed by atoms with Crippen molar-refractivity contribution in [2.45, 2.75) is 19.4 Å². The Balaban J connectivity index is 1.68. The number of carbonyl (C=O) groups excluding carboxylic acids is 2. The smallest absolute Gasteiger partial charge is 0.340 e. The number of ether oxygens (including phenoxy) is 1. The van der Waals surface area contributed by atoms with Crippen molar-refractivity contribution >= 4 is 17.6 Å². The van der Waals surface area contributed by atoms with E-state index in [9.17, 15) is 9.59 Å². The van der Waals surface area contributed by atoms with Gasteiger partial charge in [0.05, 0.1) is 17.2 Å². The number of hydrogen-bond acceptors (Lipinski definition) is 5. The third-order valence-electron chi connectivity index (χ3n) is 3.86. The van der Waals surface area contributed by atoms with Gasteiger partial charge in [-0.15, -0.1) is 0 Å². The van der Waals surface area contributed by atoms with Gasteiger partial charge in [-0.2, -0.15) is 5.26 Å². The number of nitriles is 1. The Kier molecular flexibility index (Phi) is 4.25. The van der Waals surface area contributed by atoms with E-state index < -0.39 is 12.1 Å². The summed E-state index contributed by atoms with van der Waals surface area (Å²) in [7, 11) is 0. The minimum atomic E-state index is -0.797. The first-order chi connectivity index (χ1) is 11.6. The molecule has 1 aromatic heterocycles. The minimum absolute atomic E-state index is 0.256. The number of aryl methyl sites for hydroxylation is 1. The SMILES string of the molecule is Cc1ccc(C(=O)O[C@H]2CCN(c3ccc(C#N)cc3)C2=O)cn1. The number of amides is 1. The second kappa shape index (κ2) is 6.50. The third kappa shape index (κ3) is 3.10. The first kappa shape index (κ1) is 15.7. The number of benzene rings is 1. The van der Waals surface area contributed by atoms with Crippen LogP contribution in [-0.2, 0) is 9.53 Å². The van der Waals surface area contributed by atoms with Gasteiger partial charge in [0.15, 0.2) is 6.10 Å². The fourth-order valence-electron chi connectivity index (χ4n) is 2.52. The van der Waals surface area contributed by atoms with Gasteiger partial charge in [0.1, 0.15) is 0 Å². The summed E-state index contributed by atoms with van der Waals surface area (Å²) in [6.45, 7) is 2.29. The second-order valence-electron chi connectivity index (χ2n) is 5.52. The summed E-state index contributed by atoms with van der Waals surface area (Å²) < 4.78 is 5.32. The lowest BCUT2D eigenvalue weighted by molar-refractivity contribution is -0.124. The van der Waals surface area contributed by atoms with E-state index >= 15 is 0 Å². The summed E-state index contributed by atoms with van der Waals surface area (Å²) in [5.74, 6) is -0.810. The van der Waals surface area contributed by atoms with Crippen LogP contribution in [0.2, 0.25) is 0 Å². The molecule has 24 heavy (non-hydrogen) atoms. The number of carbonyl (C=O) groups is 2. The highest BCUT2D eigenvalue weighted by Gasteiger charge is 2.35. The largest absolute Gasteiger partial charge is 0.449 e. The molecule has 0 radical (unpaired) electrons. The lowest BCUT2D eigenvalue weighted by Gasteiger charge is -2.16. The summed E-state index contributed by atoms with van der Waals surface area (Å²) in [5.41, 5.74) is 2.34. The number of esters is 1. The van der Waals surface area contributed by atoms with Crippen molar-refractivity contribution < 1.29 is 14.3 Å². The maximum atomic E-state index is 12.4. The Labute approximate surface area is 139 Å². The summed E-state index contributed by atoms with van der Waals surface area (Å²) in [4.78, 5) is 30.2. The van der Waals surface area contributed by atoms with Gasteiger partial charge in [-0.1, -0.05) is 0 Å². The molecule has 3 rings (SSSR count). The molecule has 1 amide bonds. The quantitative estimate of drug-likeness (QED) is 0.809. The van der Waals surface area contributed by atoms with Crippen LogP contribution >= 0.6 is 0 Å². The highest BCUT2D eigenvalue weighted by molar-refractivity contribution is 6.01. The molecule has 6 heteroatoms. The molecule has 1 aliphatic heterocycles. The molecule has 2 heterocycles. The van der Waals surface area contributed by atoms with E-state index in [4.69, 9.17) is 10.00 Å². The molecule has 2 aromatic rings. The van der Waals surface area contributed by atoms with Crippen molar-refractivity contribution in [2.75, 3.05) is 11.4 Å². The number of pyridine rings is 1. The predicted molar refractivity (Wildman–Crippen MR) is 86.3 cm³/mol. The van der Waals surface area contributed by atoms with E-state index in [1.165, 1.54) is 6.20 Å². The van der Waals surface area contributed by atoms with Crippen molar-refractivity contribution in [3.8, 4) is 6.07 Å². The van der Waals surface area contributed by atoms with Crippen LogP contribution in [-0.4, -0.2) is 29.5 Å². The number of rotatable bonds is 3. The summed E-state index contributed by atoms with van der Waals surface area (Å²) in [6, 6.07) is 12.1. The van der Waals surface area contributed by atoms with Crippen LogP contribution in [0.1, 0.15) is 28.0 Å². The Bertz CT molecular complexity index is 807. The van der Waals surface area contributed by atoms with Gasteiger partial charge in [-0.3, -0.25) is 9.78 Å². The number of aromatic nitrogens is 1. The fourth-order valence-corrected chi connectivity index (χ4v) is 2.52. The molecular weight excluding hydrogens is 306 g/mol. The maximum absolute atomic E-state index is 12.4. The van der Waals surface area contributed by atoms with Crippen molar-refractivity contribution in [1.29, 1.82) is 5.26 Å². The molecule has 0 aliphatic carbocycles. The molecule has 1 fully saturated rings. The van der Waals surface area contributed by atoms with Crippen LogP contribution in [0.15, 0.2) is 42.6 Å². The average molecular weight is 321 g/mol. The molecule has 1 aromatic carbocycles. The highest BCUT2D eigenvalue weighted by Crippen LogP contribution is 2.24. The van der Waals surface area contributed by atoms with Gasteiger partial charge in [-0.25, -0.2) is 4.79 Å². The minimum Gasteiger partial charge on any atom is -0.449 e. The van der Waals surface area contributed by atoms with Gasteiger partial charge in [0.25, 0.3) is 5.91 Å². The van der Waals surface area contributed by atoms with Crippen LogP contribution in [0, 0.1) is 18.3 Å². The predicted octanol–water partition coefficient (Wildman–Crippen LogP) is 2.22. The van der Waals surface area contributed by atoms with Gasteiger partial charge in [-0.05, 0) is 43.3 Å². The van der Waals surface area contributed by atoms with Gasteiger partial charge in [0, 0.05) is 30.5 Å². The monoisotopic (exact) mass is 321 g/mol. The molecule has 120 valence electrons. The number of nitrogens with zero attached hydrogens (tertiary/aromatic N) is 3. The van der Waals surface area contributed by atoms with E-state index in [2.05, 4.69) is 4.98 Å². The van der Waals surface area contributed by atoms with Crippen molar-refractivity contribution in [3.63, 3.8) is 0 Å². The van der Waals surface area contributed by atoms with Gasteiger partial charge < -0.3 is 9.64 Å². The van der Waals surface area contributed by atoms with Crippen molar-refractivity contribution in [2.24, 2.45) is 0 Å². The average Bonchev–Trinajstić information content (AvgIpc) is 2.96. The van der Waals surface area contributed by atoms with Crippen molar-refractivity contribution in [1.82, 2.24) is 4.98 Å². The number of hydrogen-bond donors (Lipinski definition) is 0. The van der Waals surface area contributed by atoms with Gasteiger partial charge in [0.2, 0.25) is 0 Å². The summed E-state index contributed by atoms with van der Waals surface area (Å²) in [5, 5.41) is 8.82. The molecule has 6 nitrogen and oxygen atoms in total. The zero-order valence-corrected chi connectivity index (χ0v) is 13.1. The van der Waals surface area contributed by atoms with Crippen molar-refractivity contribution in [3.05, 3.63) is 59.4 Å². The molecule has 0 N–H and O–H groups in total. The normalized spacial score (nSPS) is 16.8. The third-order valence-corrected chi connectivity index (χ3v) is 3.86. The van der Waals surface area contributed by atoms with E-state index in [-0.39, 0.29) is 5.91 Å². The molecule has 1 aliphatic rings. The Morgan fingerprint density at radius 3 is 2.67 bits per heavy atom. The highest BCUT2D eigenvalue weighted by atomic mass is 16.5. The van der Waals surface area contributed by atoms with E-state index in [0.717, 1.165) is 5.69 Å². The molecule has 1 saturated heterocycles. The van der Waals surface area contributed by atoms with E-state index in [1.54, 1.807) is 41.3 Å². The fraction of sp³-hybridized carbons (Fsp3) is 0.222. The van der Waals surface area contributed by atoms with Crippen LogP contribution in [0.3, 0.4) is 0 Å². The van der Waals surface area contributed by atoms with E-state index in [1.807, 2.05) is 13.0 Å². The first-order valence-electron chi connectivity index (χ1n) is 7.53. The van der Waals surface area contributed by atoms with Crippen LogP contribution in [0.25, 0.3) is 0 Å². The molecule has 0 unspecified atom stereocenters. The van der Waals surface area contributed by atoms with Crippen LogP contribution < -0.4 is 4.90 Å². The zero-order chi connectivity index (χ0) is 17.1. The molecular formula is C18H15N3O3. The van der Waals surface area contributed by atoms with E-state index in [0.29, 0.717) is 29.8 Å².